The molecule has 6 nitrogen and oxygen atoms in total. The number of nitrogens with one attached hydrogen (secondary N) is 1. The van der Waals surface area contributed by atoms with Crippen LogP contribution in [0.15, 0.2) is 72.8 Å². The molecule has 160 valence electrons. The van der Waals surface area contributed by atoms with Gasteiger partial charge >= 0.3 is 0 Å². The zero-order chi connectivity index (χ0) is 21.6. The molecule has 0 unspecified atom stereocenters. The largest absolute Gasteiger partial charge is 0.495 e. The lowest BCUT2D eigenvalue weighted by atomic mass is 10.1. The van der Waals surface area contributed by atoms with E-state index in [4.69, 9.17) is 10.5 Å². The number of amides is 1. The third-order valence-corrected chi connectivity index (χ3v) is 5.61. The smallest absolute Gasteiger partial charge is 0.253 e. The van der Waals surface area contributed by atoms with Crippen molar-refractivity contribution in [3.8, 4) is 5.75 Å². The first-order valence-electron chi connectivity index (χ1n) is 10.5. The lowest BCUT2D eigenvalue weighted by Crippen LogP contribution is -2.47. The highest BCUT2D eigenvalue weighted by Gasteiger charge is 2.23. The van der Waals surface area contributed by atoms with E-state index in [1.807, 2.05) is 60.7 Å². The zero-order valence-corrected chi connectivity index (χ0v) is 17.8. The molecule has 3 aromatic rings. The number of piperazine rings is 1. The summed E-state index contributed by atoms with van der Waals surface area (Å²) in [5, 5.41) is 3.02. The SMILES string of the molecule is COc1ccccc1N1CCN(c2ccc(N)cc2C(=O)NCc2ccccc2)CC1. The molecule has 3 N–H and O–H groups in total. The number of para-hydroxylation sites is 2. The van der Waals surface area contributed by atoms with Gasteiger partial charge in [-0.25, -0.2) is 0 Å². The van der Waals surface area contributed by atoms with Gasteiger partial charge in [0.1, 0.15) is 5.75 Å². The number of hydrogen-bond acceptors (Lipinski definition) is 5. The van der Waals surface area contributed by atoms with Crippen molar-refractivity contribution in [2.75, 3.05) is 48.8 Å². The Morgan fingerprint density at radius 3 is 2.26 bits per heavy atom. The predicted molar refractivity (Wildman–Crippen MR) is 126 cm³/mol. The van der Waals surface area contributed by atoms with Crippen LogP contribution in [0.5, 0.6) is 5.75 Å². The van der Waals surface area contributed by atoms with Gasteiger partial charge in [0.25, 0.3) is 5.91 Å². The fourth-order valence-corrected chi connectivity index (χ4v) is 3.96. The molecule has 1 heterocycles. The molecule has 4 rings (SSSR count). The molecule has 31 heavy (non-hydrogen) atoms. The second-order valence-corrected chi connectivity index (χ2v) is 7.59. The predicted octanol–water partition coefficient (Wildman–Crippen LogP) is 3.53. The number of ether oxygens (including phenoxy) is 1. The molecular weight excluding hydrogens is 388 g/mol. The Hall–Kier alpha value is -3.67. The van der Waals surface area contributed by atoms with Gasteiger partial charge in [0.2, 0.25) is 0 Å². The fourth-order valence-electron chi connectivity index (χ4n) is 3.96. The summed E-state index contributed by atoms with van der Waals surface area (Å²) in [5.41, 5.74) is 10.3. The second kappa shape index (κ2) is 9.43. The maximum Gasteiger partial charge on any atom is 0.253 e. The summed E-state index contributed by atoms with van der Waals surface area (Å²) in [7, 11) is 1.70. The number of benzene rings is 3. The lowest BCUT2D eigenvalue weighted by molar-refractivity contribution is 0.0951. The molecule has 0 aromatic heterocycles. The van der Waals surface area contributed by atoms with Crippen molar-refractivity contribution < 1.29 is 9.53 Å². The summed E-state index contributed by atoms with van der Waals surface area (Å²) in [4.78, 5) is 17.6. The normalized spacial score (nSPS) is 13.7. The van der Waals surface area contributed by atoms with Gasteiger partial charge in [-0.15, -0.1) is 0 Å². The van der Waals surface area contributed by atoms with Crippen LogP contribution in [0.25, 0.3) is 0 Å². The van der Waals surface area contributed by atoms with E-state index in [2.05, 4.69) is 21.2 Å². The minimum absolute atomic E-state index is 0.113. The third kappa shape index (κ3) is 4.74. The quantitative estimate of drug-likeness (QED) is 0.602. The van der Waals surface area contributed by atoms with E-state index >= 15 is 0 Å². The van der Waals surface area contributed by atoms with Crippen LogP contribution >= 0.6 is 0 Å². The summed E-state index contributed by atoms with van der Waals surface area (Å²) in [6, 6.07) is 23.5. The van der Waals surface area contributed by atoms with Crippen LogP contribution < -0.4 is 25.6 Å². The van der Waals surface area contributed by atoms with Gasteiger partial charge in [0.05, 0.1) is 18.4 Å². The summed E-state index contributed by atoms with van der Waals surface area (Å²) < 4.78 is 5.52. The van der Waals surface area contributed by atoms with Crippen molar-refractivity contribution in [3.05, 3.63) is 83.9 Å². The van der Waals surface area contributed by atoms with Crippen molar-refractivity contribution in [3.63, 3.8) is 0 Å². The Kier molecular flexibility index (Phi) is 6.26. The molecular formula is C25H28N4O2. The van der Waals surface area contributed by atoms with Crippen molar-refractivity contribution in [1.29, 1.82) is 0 Å². The number of nitrogens with zero attached hydrogens (tertiary/aromatic N) is 2. The monoisotopic (exact) mass is 416 g/mol. The number of carbonyl (C=O) groups is 1. The molecule has 0 atom stereocenters. The Morgan fingerprint density at radius 2 is 1.55 bits per heavy atom. The topological polar surface area (TPSA) is 70.8 Å². The molecule has 1 amide bonds. The summed E-state index contributed by atoms with van der Waals surface area (Å²) >= 11 is 0. The van der Waals surface area contributed by atoms with Crippen LogP contribution in [0.4, 0.5) is 17.1 Å². The fraction of sp³-hybridized carbons (Fsp3) is 0.240. The Morgan fingerprint density at radius 1 is 0.903 bits per heavy atom. The molecule has 0 aliphatic carbocycles. The lowest BCUT2D eigenvalue weighted by Gasteiger charge is -2.38. The van der Waals surface area contributed by atoms with Gasteiger partial charge in [-0.1, -0.05) is 42.5 Å². The molecule has 1 aliphatic heterocycles. The first-order chi connectivity index (χ1) is 15.2. The van der Waals surface area contributed by atoms with Gasteiger partial charge in [-0.3, -0.25) is 4.79 Å². The maximum atomic E-state index is 13.0. The standard InChI is InChI=1S/C25H28N4O2/c1-31-24-10-6-5-9-23(24)29-15-13-28(14-16-29)22-12-11-20(26)17-21(22)25(30)27-18-19-7-3-2-4-8-19/h2-12,17H,13-16,18,26H2,1H3,(H,27,30). The summed E-state index contributed by atoms with van der Waals surface area (Å²) in [6.07, 6.45) is 0. The Balaban J connectivity index is 1.47. The maximum absolute atomic E-state index is 13.0. The highest BCUT2D eigenvalue weighted by atomic mass is 16.5. The van der Waals surface area contributed by atoms with Crippen molar-refractivity contribution >= 4 is 23.0 Å². The van der Waals surface area contributed by atoms with Gasteiger partial charge in [-0.2, -0.15) is 0 Å². The molecule has 0 saturated carbocycles. The second-order valence-electron chi connectivity index (χ2n) is 7.59. The van der Waals surface area contributed by atoms with Crippen LogP contribution in [0.2, 0.25) is 0 Å². The number of nitrogen functional groups attached to an aromatic ring is 1. The van der Waals surface area contributed by atoms with Crippen molar-refractivity contribution in [2.45, 2.75) is 6.54 Å². The highest BCUT2D eigenvalue weighted by molar-refractivity contribution is 6.00. The Labute approximate surface area is 183 Å². The van der Waals surface area contributed by atoms with E-state index in [-0.39, 0.29) is 5.91 Å². The molecule has 0 bridgehead atoms. The van der Waals surface area contributed by atoms with Crippen LogP contribution in [0, 0.1) is 0 Å². The number of hydrogen-bond donors (Lipinski definition) is 2. The number of carbonyl (C=O) groups excluding carboxylic acids is 1. The first kappa shape index (κ1) is 20.6. The van der Waals surface area contributed by atoms with Crippen LogP contribution in [0.1, 0.15) is 15.9 Å². The number of nitrogens with two attached hydrogens (primary N) is 1. The molecule has 1 fully saturated rings. The van der Waals surface area contributed by atoms with Gasteiger partial charge in [0.15, 0.2) is 0 Å². The average Bonchev–Trinajstić information content (AvgIpc) is 2.83. The van der Waals surface area contributed by atoms with Gasteiger partial charge in [-0.05, 0) is 35.9 Å². The van der Waals surface area contributed by atoms with Crippen molar-refractivity contribution in [2.24, 2.45) is 0 Å². The summed E-state index contributed by atoms with van der Waals surface area (Å²) in [6.45, 7) is 3.78. The molecule has 6 heteroatoms. The van der Waals surface area contributed by atoms with E-state index in [1.165, 1.54) is 0 Å². The molecule has 0 spiro atoms. The molecule has 0 radical (unpaired) electrons. The molecule has 1 saturated heterocycles. The average molecular weight is 417 g/mol. The zero-order valence-electron chi connectivity index (χ0n) is 17.8. The van der Waals surface area contributed by atoms with E-state index in [1.54, 1.807) is 13.2 Å². The van der Waals surface area contributed by atoms with Crippen molar-refractivity contribution in [1.82, 2.24) is 5.32 Å². The van der Waals surface area contributed by atoms with E-state index in [0.717, 1.165) is 48.9 Å². The summed E-state index contributed by atoms with van der Waals surface area (Å²) in [5.74, 6) is 0.766. The number of methoxy groups -OCH3 is 1. The van der Waals surface area contributed by atoms with Gasteiger partial charge in [0, 0.05) is 44.1 Å². The molecule has 1 aliphatic rings. The van der Waals surface area contributed by atoms with Gasteiger partial charge < -0.3 is 25.6 Å². The minimum atomic E-state index is -0.113. The van der Waals surface area contributed by atoms with Crippen LogP contribution in [-0.2, 0) is 6.54 Å². The van der Waals surface area contributed by atoms with E-state index in [0.29, 0.717) is 17.8 Å². The van der Waals surface area contributed by atoms with E-state index < -0.39 is 0 Å². The van der Waals surface area contributed by atoms with Crippen LogP contribution in [-0.4, -0.2) is 39.2 Å². The first-order valence-corrected chi connectivity index (χ1v) is 10.5. The Bertz CT molecular complexity index is 1030. The highest BCUT2D eigenvalue weighted by Crippen LogP contribution is 2.30. The van der Waals surface area contributed by atoms with Crippen LogP contribution in [0.3, 0.4) is 0 Å². The number of rotatable bonds is 6. The number of anilines is 3. The van der Waals surface area contributed by atoms with E-state index in [9.17, 15) is 4.79 Å². The third-order valence-electron chi connectivity index (χ3n) is 5.61. The molecule has 3 aromatic carbocycles. The minimum Gasteiger partial charge on any atom is -0.495 e.